The lowest BCUT2D eigenvalue weighted by molar-refractivity contribution is 0.413. The van der Waals surface area contributed by atoms with Gasteiger partial charge in [0, 0.05) is 33.0 Å². The average molecular weight is 342 g/mol. The Hall–Kier alpha value is -1.26. The number of pyridine rings is 1. The van der Waals surface area contributed by atoms with Crippen LogP contribution in [0.15, 0.2) is 34.8 Å². The van der Waals surface area contributed by atoms with E-state index in [1.165, 1.54) is 0 Å². The van der Waals surface area contributed by atoms with Gasteiger partial charge < -0.3 is 10.1 Å². The summed E-state index contributed by atoms with van der Waals surface area (Å²) in [5, 5.41) is 4.01. The first-order valence-corrected chi connectivity index (χ1v) is 6.96. The number of halogens is 2. The minimum Gasteiger partial charge on any atom is -0.497 e. The number of rotatable bonds is 4. The van der Waals surface area contributed by atoms with Crippen LogP contribution in [0.5, 0.6) is 5.75 Å². The maximum atomic E-state index is 5.91. The maximum absolute atomic E-state index is 5.91. The zero-order valence-corrected chi connectivity index (χ0v) is 13.0. The van der Waals surface area contributed by atoms with Crippen LogP contribution < -0.4 is 10.1 Å². The number of hydrogen-bond acceptors (Lipinski definition) is 3. The van der Waals surface area contributed by atoms with E-state index in [0.717, 1.165) is 27.3 Å². The molecule has 2 rings (SSSR count). The van der Waals surface area contributed by atoms with Crippen molar-refractivity contribution in [3.63, 3.8) is 0 Å². The predicted molar refractivity (Wildman–Crippen MR) is 82.0 cm³/mol. The van der Waals surface area contributed by atoms with Crippen LogP contribution >= 0.6 is 27.5 Å². The highest BCUT2D eigenvalue weighted by Crippen LogP contribution is 2.26. The highest BCUT2D eigenvalue weighted by molar-refractivity contribution is 9.10. The van der Waals surface area contributed by atoms with Crippen LogP contribution in [-0.4, -0.2) is 12.1 Å². The van der Waals surface area contributed by atoms with Crippen LogP contribution in [0.2, 0.25) is 5.02 Å². The minimum atomic E-state index is 0.623. The van der Waals surface area contributed by atoms with Crippen molar-refractivity contribution in [1.82, 2.24) is 4.98 Å². The number of aromatic nitrogens is 1. The molecule has 0 bridgehead atoms. The number of hydrogen-bond donors (Lipinski definition) is 1. The molecule has 0 amide bonds. The molecule has 0 radical (unpaired) electrons. The molecule has 0 fully saturated rings. The Bertz CT molecular complexity index is 590. The van der Waals surface area contributed by atoms with E-state index in [1.54, 1.807) is 7.11 Å². The molecular weight excluding hydrogens is 328 g/mol. The fraction of sp³-hybridized carbons (Fsp3) is 0.214. The van der Waals surface area contributed by atoms with Crippen LogP contribution in [0.4, 0.5) is 5.69 Å². The molecule has 0 aliphatic rings. The second-order valence-corrected chi connectivity index (χ2v) is 5.41. The molecule has 2 aromatic rings. The first-order valence-electron chi connectivity index (χ1n) is 5.79. The van der Waals surface area contributed by atoms with E-state index in [-0.39, 0.29) is 0 Å². The molecule has 3 nitrogen and oxygen atoms in total. The predicted octanol–water partition coefficient (Wildman–Crippen LogP) is 4.43. The van der Waals surface area contributed by atoms with Crippen LogP contribution in [0.25, 0.3) is 0 Å². The first kappa shape index (κ1) is 14.2. The summed E-state index contributed by atoms with van der Waals surface area (Å²) in [4.78, 5) is 4.46. The molecule has 0 unspecified atom stereocenters. The molecule has 0 saturated heterocycles. The molecule has 0 saturated carbocycles. The summed E-state index contributed by atoms with van der Waals surface area (Å²) in [5.74, 6) is 0.819. The van der Waals surface area contributed by atoms with E-state index < -0.39 is 0 Å². The van der Waals surface area contributed by atoms with Gasteiger partial charge >= 0.3 is 0 Å². The number of nitrogens with one attached hydrogen (secondary N) is 1. The summed E-state index contributed by atoms with van der Waals surface area (Å²) in [6, 6.07) is 9.46. The number of anilines is 1. The Morgan fingerprint density at radius 2 is 2.11 bits per heavy atom. The molecule has 100 valence electrons. The second-order valence-electron chi connectivity index (χ2n) is 4.12. The van der Waals surface area contributed by atoms with Crippen molar-refractivity contribution in [2.75, 3.05) is 12.4 Å². The zero-order chi connectivity index (χ0) is 13.8. The smallest absolute Gasteiger partial charge is 0.122 e. The van der Waals surface area contributed by atoms with Gasteiger partial charge in [-0.1, -0.05) is 11.6 Å². The summed E-state index contributed by atoms with van der Waals surface area (Å²) in [5.41, 5.74) is 2.84. The molecule has 0 aliphatic heterocycles. The first-order chi connectivity index (χ1) is 9.08. The summed E-state index contributed by atoms with van der Waals surface area (Å²) < 4.78 is 6.16. The van der Waals surface area contributed by atoms with Crippen molar-refractivity contribution in [3.8, 4) is 5.75 Å². The molecule has 19 heavy (non-hydrogen) atoms. The number of methoxy groups -OCH3 is 1. The van der Waals surface area contributed by atoms with Gasteiger partial charge in [-0.15, -0.1) is 0 Å². The maximum Gasteiger partial charge on any atom is 0.122 e. The van der Waals surface area contributed by atoms with Gasteiger partial charge in [0.25, 0.3) is 0 Å². The number of benzene rings is 1. The Balaban J connectivity index is 2.12. The molecule has 0 aliphatic carbocycles. The van der Waals surface area contributed by atoms with Crippen molar-refractivity contribution in [1.29, 1.82) is 0 Å². The second kappa shape index (κ2) is 6.26. The molecule has 0 atom stereocenters. The van der Waals surface area contributed by atoms with Crippen molar-refractivity contribution in [2.45, 2.75) is 13.5 Å². The normalized spacial score (nSPS) is 10.3. The third kappa shape index (κ3) is 3.85. The Kier molecular flexibility index (Phi) is 4.66. The van der Waals surface area contributed by atoms with Gasteiger partial charge in [-0.3, -0.25) is 4.98 Å². The van der Waals surface area contributed by atoms with Gasteiger partial charge in [0.1, 0.15) is 5.75 Å². The standard InChI is InChI=1S/C14H14BrClN2O/c1-9-5-12(19-2)7-11(18-9)8-17-14-4-3-10(16)6-13(14)15/h3-7,17H,8H2,1-2H3. The fourth-order valence-electron chi connectivity index (χ4n) is 1.73. The molecule has 1 heterocycles. The molecular formula is C14H14BrClN2O. The quantitative estimate of drug-likeness (QED) is 0.893. The van der Waals surface area contributed by atoms with Crippen LogP contribution in [0.3, 0.4) is 0 Å². The average Bonchev–Trinajstić information content (AvgIpc) is 2.37. The Labute approximate surface area is 126 Å². The Morgan fingerprint density at radius 3 is 2.79 bits per heavy atom. The third-order valence-corrected chi connectivity index (χ3v) is 3.50. The van der Waals surface area contributed by atoms with Gasteiger partial charge in [-0.25, -0.2) is 0 Å². The molecule has 5 heteroatoms. The lowest BCUT2D eigenvalue weighted by Crippen LogP contribution is -2.03. The monoisotopic (exact) mass is 340 g/mol. The van der Waals surface area contributed by atoms with Crippen molar-refractivity contribution < 1.29 is 4.74 Å². The molecule has 1 aromatic carbocycles. The summed E-state index contributed by atoms with van der Waals surface area (Å²) in [6.45, 7) is 2.57. The molecule has 1 N–H and O–H groups in total. The SMILES string of the molecule is COc1cc(C)nc(CNc2ccc(Cl)cc2Br)c1. The third-order valence-electron chi connectivity index (χ3n) is 2.61. The lowest BCUT2D eigenvalue weighted by Gasteiger charge is -2.10. The highest BCUT2D eigenvalue weighted by Gasteiger charge is 2.03. The Morgan fingerprint density at radius 1 is 1.32 bits per heavy atom. The topological polar surface area (TPSA) is 34.1 Å². The largest absolute Gasteiger partial charge is 0.497 e. The minimum absolute atomic E-state index is 0.623. The van der Waals surface area contributed by atoms with Gasteiger partial charge in [0.2, 0.25) is 0 Å². The summed E-state index contributed by atoms with van der Waals surface area (Å²) in [7, 11) is 1.65. The van der Waals surface area contributed by atoms with Gasteiger partial charge in [0.05, 0.1) is 19.3 Å². The number of nitrogens with zero attached hydrogens (tertiary/aromatic N) is 1. The van der Waals surface area contributed by atoms with E-state index in [1.807, 2.05) is 37.3 Å². The van der Waals surface area contributed by atoms with E-state index in [2.05, 4.69) is 26.2 Å². The van der Waals surface area contributed by atoms with Crippen molar-refractivity contribution in [2.24, 2.45) is 0 Å². The summed E-state index contributed by atoms with van der Waals surface area (Å²) >= 11 is 9.38. The van der Waals surface area contributed by atoms with Gasteiger partial charge in [-0.05, 0) is 41.1 Å². The van der Waals surface area contributed by atoms with Crippen molar-refractivity contribution >= 4 is 33.2 Å². The van der Waals surface area contributed by atoms with E-state index >= 15 is 0 Å². The van der Waals surface area contributed by atoms with Gasteiger partial charge in [-0.2, -0.15) is 0 Å². The van der Waals surface area contributed by atoms with Crippen LogP contribution in [0.1, 0.15) is 11.4 Å². The molecule has 0 spiro atoms. The number of aryl methyl sites for hydroxylation is 1. The highest BCUT2D eigenvalue weighted by atomic mass is 79.9. The van der Waals surface area contributed by atoms with E-state index in [4.69, 9.17) is 16.3 Å². The van der Waals surface area contributed by atoms with Crippen LogP contribution in [0, 0.1) is 6.92 Å². The van der Waals surface area contributed by atoms with E-state index in [9.17, 15) is 0 Å². The zero-order valence-electron chi connectivity index (χ0n) is 10.7. The van der Waals surface area contributed by atoms with Crippen LogP contribution in [-0.2, 0) is 6.54 Å². The molecule has 1 aromatic heterocycles. The summed E-state index contributed by atoms with van der Waals surface area (Å²) in [6.07, 6.45) is 0. The lowest BCUT2D eigenvalue weighted by atomic mass is 10.2. The van der Waals surface area contributed by atoms with E-state index in [0.29, 0.717) is 11.6 Å². The fourth-order valence-corrected chi connectivity index (χ4v) is 2.55. The van der Waals surface area contributed by atoms with Gasteiger partial charge in [0.15, 0.2) is 0 Å². The van der Waals surface area contributed by atoms with Crippen molar-refractivity contribution in [3.05, 3.63) is 51.2 Å². The number of ether oxygens (including phenoxy) is 1.